The standard InChI is InChI=1S/C36H37N11O2/c1-45-22-27(21-42-45)25-7-14-31(39-19-25)47(35(49)41-18-24-5-3-2-4-6-24)30-12-10-29(11-13-30)43-34-40-20-26(17-37)32(44-34)46-16-15-36(23-38,33(46)48)28-8-9-28/h2-7,14,19-22,28-30H,8-13,15-16,18H2,1H3,(H,41,49)(H,40,43,44)/t29-,30-,36-/m1/s1. The minimum absolute atomic E-state index is 0.0196. The molecule has 1 aromatic carbocycles. The van der Waals surface area contributed by atoms with Gasteiger partial charge in [0.1, 0.15) is 22.9 Å². The van der Waals surface area contributed by atoms with Gasteiger partial charge in [-0.3, -0.25) is 19.3 Å². The molecule has 0 spiro atoms. The van der Waals surface area contributed by atoms with Crippen LogP contribution in [0.2, 0.25) is 0 Å². The van der Waals surface area contributed by atoms with Gasteiger partial charge in [-0.15, -0.1) is 0 Å². The van der Waals surface area contributed by atoms with Gasteiger partial charge in [-0.1, -0.05) is 30.3 Å². The van der Waals surface area contributed by atoms with Crippen molar-refractivity contribution >= 4 is 29.5 Å². The van der Waals surface area contributed by atoms with E-state index in [2.05, 4.69) is 37.8 Å². The molecule has 7 rings (SSSR count). The number of nitrogens with one attached hydrogen (secondary N) is 2. The summed E-state index contributed by atoms with van der Waals surface area (Å²) in [5.74, 6) is 0.954. The second-order valence-corrected chi connectivity index (χ2v) is 13.1. The molecule has 0 bridgehead atoms. The van der Waals surface area contributed by atoms with Crippen LogP contribution in [0, 0.1) is 34.0 Å². The van der Waals surface area contributed by atoms with Crippen molar-refractivity contribution in [1.82, 2.24) is 30.0 Å². The van der Waals surface area contributed by atoms with Crippen LogP contribution in [0.5, 0.6) is 0 Å². The molecule has 3 aliphatic rings. The second kappa shape index (κ2) is 13.4. The normalized spacial score (nSPS) is 21.9. The fourth-order valence-corrected chi connectivity index (χ4v) is 7.06. The van der Waals surface area contributed by atoms with E-state index in [1.165, 1.54) is 11.1 Å². The number of urea groups is 1. The summed E-state index contributed by atoms with van der Waals surface area (Å²) in [4.78, 5) is 44.2. The van der Waals surface area contributed by atoms with E-state index in [4.69, 9.17) is 4.98 Å². The summed E-state index contributed by atoms with van der Waals surface area (Å²) in [5, 5.41) is 30.5. The average molecular weight is 656 g/mol. The van der Waals surface area contributed by atoms with E-state index in [-0.39, 0.29) is 41.3 Å². The number of hydrogen-bond donors (Lipinski definition) is 2. The Morgan fingerprint density at radius 2 is 1.80 bits per heavy atom. The van der Waals surface area contributed by atoms with Crippen LogP contribution in [0.25, 0.3) is 11.1 Å². The number of rotatable bonds is 9. The van der Waals surface area contributed by atoms with Crippen LogP contribution < -0.4 is 20.4 Å². The van der Waals surface area contributed by atoms with Crippen molar-refractivity contribution in [2.45, 2.75) is 63.6 Å². The van der Waals surface area contributed by atoms with Gasteiger partial charge in [0.15, 0.2) is 5.82 Å². The molecule has 3 aromatic heterocycles. The third kappa shape index (κ3) is 6.40. The fourth-order valence-electron chi connectivity index (χ4n) is 7.06. The number of nitriles is 2. The molecule has 0 radical (unpaired) electrons. The molecule has 4 heterocycles. The highest BCUT2D eigenvalue weighted by atomic mass is 16.2. The van der Waals surface area contributed by atoms with Gasteiger partial charge in [-0.25, -0.2) is 14.8 Å². The first kappa shape index (κ1) is 31.8. The van der Waals surface area contributed by atoms with Gasteiger partial charge in [-0.05, 0) is 68.6 Å². The summed E-state index contributed by atoms with van der Waals surface area (Å²) >= 11 is 0. The Kier molecular flexibility index (Phi) is 8.66. The largest absolute Gasteiger partial charge is 0.351 e. The van der Waals surface area contributed by atoms with Crippen molar-refractivity contribution in [3.8, 4) is 23.3 Å². The maximum absolute atomic E-state index is 13.8. The van der Waals surface area contributed by atoms with Crippen LogP contribution in [0.4, 0.5) is 22.4 Å². The number of hydrogen-bond acceptors (Lipinski definition) is 9. The molecule has 2 saturated carbocycles. The van der Waals surface area contributed by atoms with Crippen LogP contribution in [-0.2, 0) is 18.4 Å². The SMILES string of the molecule is Cn1cc(-c2ccc(N(C(=O)NCc3ccccc3)[C@H]3CC[C@H](Nc4ncc(C#N)c(N5CC[C@@](C#N)(C6CC6)C5=O)n4)CC3)nc2)cn1. The predicted octanol–water partition coefficient (Wildman–Crippen LogP) is 4.94. The molecular weight excluding hydrogens is 618 g/mol. The Morgan fingerprint density at radius 3 is 2.45 bits per heavy atom. The number of anilines is 3. The summed E-state index contributed by atoms with van der Waals surface area (Å²) in [6.45, 7) is 0.743. The van der Waals surface area contributed by atoms with Crippen LogP contribution in [0.1, 0.15) is 56.1 Å². The zero-order valence-electron chi connectivity index (χ0n) is 27.3. The van der Waals surface area contributed by atoms with E-state index in [1.807, 2.05) is 55.7 Å². The predicted molar refractivity (Wildman–Crippen MR) is 182 cm³/mol. The summed E-state index contributed by atoms with van der Waals surface area (Å²) in [6.07, 6.45) is 12.0. The van der Waals surface area contributed by atoms with E-state index in [1.54, 1.807) is 22.0 Å². The summed E-state index contributed by atoms with van der Waals surface area (Å²) < 4.78 is 1.74. The van der Waals surface area contributed by atoms with Gasteiger partial charge in [0.05, 0.1) is 18.5 Å². The van der Waals surface area contributed by atoms with E-state index in [9.17, 15) is 20.1 Å². The maximum Gasteiger partial charge on any atom is 0.323 e. The molecule has 0 unspecified atom stereocenters. The Hall–Kier alpha value is -5.82. The molecule has 248 valence electrons. The number of amides is 3. The lowest BCUT2D eigenvalue weighted by atomic mass is 9.83. The minimum Gasteiger partial charge on any atom is -0.351 e. The molecule has 4 aromatic rings. The van der Waals surface area contributed by atoms with Crippen molar-refractivity contribution in [2.24, 2.45) is 18.4 Å². The lowest BCUT2D eigenvalue weighted by Gasteiger charge is -2.36. The van der Waals surface area contributed by atoms with E-state index in [0.29, 0.717) is 44.1 Å². The molecular formula is C36H37N11O2. The summed E-state index contributed by atoms with van der Waals surface area (Å²) in [5.41, 5.74) is 2.04. The highest BCUT2D eigenvalue weighted by Crippen LogP contribution is 2.52. The first-order valence-corrected chi connectivity index (χ1v) is 16.7. The third-order valence-corrected chi connectivity index (χ3v) is 9.91. The lowest BCUT2D eigenvalue weighted by Crippen LogP contribution is -2.49. The van der Waals surface area contributed by atoms with E-state index < -0.39 is 5.41 Å². The van der Waals surface area contributed by atoms with Crippen LogP contribution >= 0.6 is 0 Å². The molecule has 3 fully saturated rings. The number of pyridine rings is 1. The summed E-state index contributed by atoms with van der Waals surface area (Å²) in [6, 6.07) is 17.8. The Labute approximate surface area is 284 Å². The van der Waals surface area contributed by atoms with Gasteiger partial charge < -0.3 is 10.6 Å². The number of nitrogens with zero attached hydrogens (tertiary/aromatic N) is 9. The van der Waals surface area contributed by atoms with Crippen LogP contribution in [-0.4, -0.2) is 55.3 Å². The van der Waals surface area contributed by atoms with Crippen molar-refractivity contribution in [3.05, 3.63) is 78.4 Å². The highest BCUT2D eigenvalue weighted by Gasteiger charge is 2.57. The second-order valence-electron chi connectivity index (χ2n) is 13.1. The number of aromatic nitrogens is 5. The highest BCUT2D eigenvalue weighted by molar-refractivity contribution is 6.02. The molecule has 2 N–H and O–H groups in total. The zero-order chi connectivity index (χ0) is 34.0. The first-order chi connectivity index (χ1) is 23.9. The minimum atomic E-state index is -1.03. The fraction of sp³-hybridized carbons (Fsp3) is 0.389. The average Bonchev–Trinajstić information content (AvgIpc) is 3.81. The van der Waals surface area contributed by atoms with Gasteiger partial charge in [0.2, 0.25) is 11.9 Å². The molecule has 1 aliphatic heterocycles. The molecule has 2 aliphatic carbocycles. The zero-order valence-corrected chi connectivity index (χ0v) is 27.3. The number of benzene rings is 1. The molecule has 13 nitrogen and oxygen atoms in total. The number of carbonyl (C=O) groups is 2. The van der Waals surface area contributed by atoms with Crippen LogP contribution in [0.3, 0.4) is 0 Å². The van der Waals surface area contributed by atoms with Crippen molar-refractivity contribution in [1.29, 1.82) is 10.5 Å². The molecule has 3 amide bonds. The van der Waals surface area contributed by atoms with Gasteiger partial charge in [-0.2, -0.15) is 20.6 Å². The monoisotopic (exact) mass is 655 g/mol. The first-order valence-electron chi connectivity index (χ1n) is 16.7. The maximum atomic E-state index is 13.8. The number of aryl methyl sites for hydroxylation is 1. The van der Waals surface area contributed by atoms with Crippen LogP contribution in [0.15, 0.2) is 67.3 Å². The van der Waals surface area contributed by atoms with Crippen molar-refractivity contribution in [3.63, 3.8) is 0 Å². The van der Waals surface area contributed by atoms with E-state index >= 15 is 0 Å². The molecule has 49 heavy (non-hydrogen) atoms. The smallest absolute Gasteiger partial charge is 0.323 e. The Balaban J connectivity index is 1.05. The molecule has 1 atom stereocenters. The molecule has 13 heteroatoms. The quantitative estimate of drug-likeness (QED) is 0.254. The molecule has 1 saturated heterocycles. The third-order valence-electron chi connectivity index (χ3n) is 9.91. The lowest BCUT2D eigenvalue weighted by molar-refractivity contribution is -0.123. The van der Waals surface area contributed by atoms with Gasteiger partial charge in [0, 0.05) is 55.7 Å². The van der Waals surface area contributed by atoms with E-state index in [0.717, 1.165) is 42.4 Å². The van der Waals surface area contributed by atoms with Gasteiger partial charge in [0.25, 0.3) is 0 Å². The topological polar surface area (TPSA) is 169 Å². The Morgan fingerprint density at radius 1 is 1.00 bits per heavy atom. The number of carbonyl (C=O) groups excluding carboxylic acids is 2. The summed E-state index contributed by atoms with van der Waals surface area (Å²) in [7, 11) is 1.87. The Bertz CT molecular complexity index is 1920. The van der Waals surface area contributed by atoms with Crippen molar-refractivity contribution < 1.29 is 9.59 Å². The van der Waals surface area contributed by atoms with Gasteiger partial charge >= 0.3 is 6.03 Å². The van der Waals surface area contributed by atoms with Crippen molar-refractivity contribution in [2.75, 3.05) is 21.7 Å².